The lowest BCUT2D eigenvalue weighted by atomic mass is 9.99. The first-order valence-corrected chi connectivity index (χ1v) is 6.02. The summed E-state index contributed by atoms with van der Waals surface area (Å²) in [5.74, 6) is 0.492. The van der Waals surface area contributed by atoms with Gasteiger partial charge in [0.2, 0.25) is 5.91 Å². The van der Waals surface area contributed by atoms with Crippen molar-refractivity contribution in [3.05, 3.63) is 22.8 Å². The molecule has 0 saturated heterocycles. The average Bonchev–Trinajstić information content (AvgIpc) is 2.30. The summed E-state index contributed by atoms with van der Waals surface area (Å²) in [5.41, 5.74) is 5.80. The van der Waals surface area contributed by atoms with Crippen LogP contribution in [0.25, 0.3) is 0 Å². The molecule has 1 aromatic heterocycles. The molecular weight excluding hydrogens is 270 g/mol. The molecule has 0 bridgehead atoms. The SMILES string of the molecule is CC[C@H](C)[C@H](N)C(=O)Nc1ccc(Br)cn1. The Morgan fingerprint density at radius 1 is 1.62 bits per heavy atom. The Bertz CT molecular complexity index is 353. The number of amides is 1. The summed E-state index contributed by atoms with van der Waals surface area (Å²) in [6.07, 6.45) is 2.51. The maximum absolute atomic E-state index is 11.7. The molecule has 1 amide bonds. The lowest BCUT2D eigenvalue weighted by Crippen LogP contribution is -2.40. The predicted molar refractivity (Wildman–Crippen MR) is 68.0 cm³/mol. The highest BCUT2D eigenvalue weighted by atomic mass is 79.9. The Balaban J connectivity index is 2.60. The molecule has 4 nitrogen and oxygen atoms in total. The molecule has 3 N–H and O–H groups in total. The van der Waals surface area contributed by atoms with E-state index >= 15 is 0 Å². The fourth-order valence-corrected chi connectivity index (χ4v) is 1.41. The highest BCUT2D eigenvalue weighted by Gasteiger charge is 2.19. The fourth-order valence-electron chi connectivity index (χ4n) is 1.17. The van der Waals surface area contributed by atoms with Crippen LogP contribution in [0.15, 0.2) is 22.8 Å². The Morgan fingerprint density at radius 3 is 2.81 bits per heavy atom. The van der Waals surface area contributed by atoms with Gasteiger partial charge in [-0.3, -0.25) is 4.79 Å². The standard InChI is InChI=1S/C11H16BrN3O/c1-3-7(2)10(13)11(16)15-9-5-4-8(12)6-14-9/h4-7,10H,3,13H2,1-2H3,(H,14,15,16)/t7-,10-/m0/s1. The molecule has 0 spiro atoms. The molecule has 1 rings (SSSR count). The molecule has 1 aromatic rings. The second-order valence-corrected chi connectivity index (χ2v) is 4.68. The van der Waals surface area contributed by atoms with Crippen molar-refractivity contribution in [3.8, 4) is 0 Å². The molecule has 16 heavy (non-hydrogen) atoms. The van der Waals surface area contributed by atoms with E-state index in [4.69, 9.17) is 5.73 Å². The van der Waals surface area contributed by atoms with Gasteiger partial charge in [-0.25, -0.2) is 4.98 Å². The van der Waals surface area contributed by atoms with E-state index < -0.39 is 6.04 Å². The van der Waals surface area contributed by atoms with Gasteiger partial charge in [0.15, 0.2) is 0 Å². The first kappa shape index (κ1) is 13.1. The number of nitrogens with two attached hydrogens (primary N) is 1. The molecule has 0 aliphatic rings. The maximum atomic E-state index is 11.7. The zero-order chi connectivity index (χ0) is 12.1. The minimum atomic E-state index is -0.490. The van der Waals surface area contributed by atoms with Crippen LogP contribution in [0.2, 0.25) is 0 Å². The molecule has 0 unspecified atom stereocenters. The average molecular weight is 286 g/mol. The van der Waals surface area contributed by atoms with E-state index in [0.717, 1.165) is 10.9 Å². The molecule has 0 aromatic carbocycles. The third-order valence-corrected chi connectivity index (χ3v) is 3.01. The largest absolute Gasteiger partial charge is 0.320 e. The van der Waals surface area contributed by atoms with E-state index in [-0.39, 0.29) is 11.8 Å². The lowest BCUT2D eigenvalue weighted by Gasteiger charge is -2.17. The van der Waals surface area contributed by atoms with Crippen LogP contribution in [0.4, 0.5) is 5.82 Å². The molecule has 0 radical (unpaired) electrons. The van der Waals surface area contributed by atoms with Crippen LogP contribution < -0.4 is 11.1 Å². The van der Waals surface area contributed by atoms with Gasteiger partial charge in [-0.1, -0.05) is 20.3 Å². The molecule has 1 heterocycles. The summed E-state index contributed by atoms with van der Waals surface area (Å²) in [4.78, 5) is 15.8. The van der Waals surface area contributed by atoms with Gasteiger partial charge in [-0.05, 0) is 34.0 Å². The van der Waals surface area contributed by atoms with E-state index in [1.54, 1.807) is 12.3 Å². The topological polar surface area (TPSA) is 68.0 Å². The van der Waals surface area contributed by atoms with Crippen molar-refractivity contribution in [1.82, 2.24) is 4.98 Å². The van der Waals surface area contributed by atoms with Crippen LogP contribution in [0.5, 0.6) is 0 Å². The minimum absolute atomic E-state index is 0.162. The Kier molecular flexibility index (Phi) is 4.89. The number of hydrogen-bond donors (Lipinski definition) is 2. The second kappa shape index (κ2) is 5.96. The quantitative estimate of drug-likeness (QED) is 0.891. The Morgan fingerprint density at radius 2 is 2.31 bits per heavy atom. The molecule has 0 fully saturated rings. The highest BCUT2D eigenvalue weighted by molar-refractivity contribution is 9.10. The van der Waals surface area contributed by atoms with Gasteiger partial charge in [0.25, 0.3) is 0 Å². The van der Waals surface area contributed by atoms with E-state index in [1.165, 1.54) is 0 Å². The van der Waals surface area contributed by atoms with Gasteiger partial charge in [0.05, 0.1) is 6.04 Å². The van der Waals surface area contributed by atoms with E-state index in [2.05, 4.69) is 26.2 Å². The first-order valence-electron chi connectivity index (χ1n) is 5.22. The summed E-state index contributed by atoms with van der Waals surface area (Å²) in [6.45, 7) is 3.97. The number of carbonyl (C=O) groups is 1. The number of halogens is 1. The van der Waals surface area contributed by atoms with Crippen molar-refractivity contribution in [2.45, 2.75) is 26.3 Å². The summed E-state index contributed by atoms with van der Waals surface area (Å²) >= 11 is 3.28. The normalized spacial score (nSPS) is 14.2. The van der Waals surface area contributed by atoms with Gasteiger partial charge < -0.3 is 11.1 Å². The van der Waals surface area contributed by atoms with Crippen LogP contribution in [0.3, 0.4) is 0 Å². The van der Waals surface area contributed by atoms with E-state index in [9.17, 15) is 4.79 Å². The van der Waals surface area contributed by atoms with Crippen molar-refractivity contribution in [2.24, 2.45) is 11.7 Å². The maximum Gasteiger partial charge on any atom is 0.242 e. The third kappa shape index (κ3) is 3.57. The molecule has 88 valence electrons. The summed E-state index contributed by atoms with van der Waals surface area (Å²) in [6, 6.07) is 3.05. The Labute approximate surface area is 104 Å². The predicted octanol–water partition coefficient (Wildman–Crippen LogP) is 2.16. The Hall–Kier alpha value is -0.940. The highest BCUT2D eigenvalue weighted by Crippen LogP contribution is 2.12. The fraction of sp³-hybridized carbons (Fsp3) is 0.455. The van der Waals surface area contributed by atoms with Crippen LogP contribution in [0, 0.1) is 5.92 Å². The second-order valence-electron chi connectivity index (χ2n) is 3.76. The third-order valence-electron chi connectivity index (χ3n) is 2.54. The van der Waals surface area contributed by atoms with Crippen LogP contribution in [0.1, 0.15) is 20.3 Å². The van der Waals surface area contributed by atoms with Crippen LogP contribution in [-0.2, 0) is 4.79 Å². The number of rotatable bonds is 4. The van der Waals surface area contributed by atoms with Crippen molar-refractivity contribution >= 4 is 27.7 Å². The van der Waals surface area contributed by atoms with Crippen molar-refractivity contribution in [2.75, 3.05) is 5.32 Å². The smallest absolute Gasteiger partial charge is 0.242 e. The molecule has 0 aliphatic carbocycles. The van der Waals surface area contributed by atoms with Gasteiger partial charge in [-0.15, -0.1) is 0 Å². The number of hydrogen-bond acceptors (Lipinski definition) is 3. The van der Waals surface area contributed by atoms with Crippen molar-refractivity contribution in [3.63, 3.8) is 0 Å². The van der Waals surface area contributed by atoms with Crippen LogP contribution >= 0.6 is 15.9 Å². The summed E-state index contributed by atoms with van der Waals surface area (Å²) in [5, 5.41) is 2.69. The van der Waals surface area contributed by atoms with Gasteiger partial charge in [0.1, 0.15) is 5.82 Å². The summed E-state index contributed by atoms with van der Waals surface area (Å²) < 4.78 is 0.872. The zero-order valence-corrected chi connectivity index (χ0v) is 11.0. The number of nitrogens with one attached hydrogen (secondary N) is 1. The number of nitrogens with zero attached hydrogens (tertiary/aromatic N) is 1. The first-order chi connectivity index (χ1) is 7.54. The van der Waals surface area contributed by atoms with Crippen molar-refractivity contribution < 1.29 is 4.79 Å². The summed E-state index contributed by atoms with van der Waals surface area (Å²) in [7, 11) is 0. The number of carbonyl (C=O) groups excluding carboxylic acids is 1. The van der Waals surface area contributed by atoms with Crippen molar-refractivity contribution in [1.29, 1.82) is 0 Å². The van der Waals surface area contributed by atoms with Gasteiger partial charge in [-0.2, -0.15) is 0 Å². The minimum Gasteiger partial charge on any atom is -0.320 e. The molecule has 5 heteroatoms. The van der Waals surface area contributed by atoms with Crippen LogP contribution in [-0.4, -0.2) is 16.9 Å². The molecular formula is C11H16BrN3O. The number of aromatic nitrogens is 1. The number of anilines is 1. The van der Waals surface area contributed by atoms with Gasteiger partial charge >= 0.3 is 0 Å². The molecule has 0 aliphatic heterocycles. The molecule has 0 saturated carbocycles. The monoisotopic (exact) mass is 285 g/mol. The van der Waals surface area contributed by atoms with E-state index in [1.807, 2.05) is 19.9 Å². The lowest BCUT2D eigenvalue weighted by molar-refractivity contribution is -0.118. The number of pyridine rings is 1. The van der Waals surface area contributed by atoms with Gasteiger partial charge in [0, 0.05) is 10.7 Å². The molecule has 2 atom stereocenters. The van der Waals surface area contributed by atoms with E-state index in [0.29, 0.717) is 5.82 Å². The zero-order valence-electron chi connectivity index (χ0n) is 9.40.